The van der Waals surface area contributed by atoms with Gasteiger partial charge in [0.2, 0.25) is 0 Å². The van der Waals surface area contributed by atoms with E-state index in [4.69, 9.17) is 0 Å². The van der Waals surface area contributed by atoms with Crippen LogP contribution in [0.3, 0.4) is 0 Å². The van der Waals surface area contributed by atoms with Crippen molar-refractivity contribution in [3.63, 3.8) is 0 Å². The van der Waals surface area contributed by atoms with E-state index >= 15 is 0 Å². The molecule has 0 atom stereocenters. The molecular weight excluding hydrogens is 342 g/mol. The maximum atomic E-state index is 3.49. The predicted molar refractivity (Wildman–Crippen MR) is 97.3 cm³/mol. The van der Waals surface area contributed by atoms with Gasteiger partial charge in [0.1, 0.15) is 0 Å². The Kier molecular flexibility index (Phi) is 4.84. The fourth-order valence-corrected chi connectivity index (χ4v) is 3.43. The highest BCUT2D eigenvalue weighted by molar-refractivity contribution is 9.10. The summed E-state index contributed by atoms with van der Waals surface area (Å²) in [5.41, 5.74) is 1.16. The Balaban J connectivity index is 1.54. The zero-order valence-electron chi connectivity index (χ0n) is 11.6. The molecular formula is C18H16BrNS. The Labute approximate surface area is 137 Å². The third-order valence-corrected chi connectivity index (χ3v) is 4.73. The zero-order chi connectivity index (χ0) is 14.5. The maximum absolute atomic E-state index is 3.49. The first kappa shape index (κ1) is 14.5. The van der Waals surface area contributed by atoms with Crippen molar-refractivity contribution < 1.29 is 0 Å². The smallest absolute Gasteiger partial charge is 0.0351 e. The van der Waals surface area contributed by atoms with Crippen LogP contribution >= 0.6 is 27.7 Å². The van der Waals surface area contributed by atoms with Crippen LogP contribution in [0.1, 0.15) is 0 Å². The molecule has 3 aromatic carbocycles. The van der Waals surface area contributed by atoms with Crippen LogP contribution in [-0.2, 0) is 0 Å². The van der Waals surface area contributed by atoms with Crippen molar-refractivity contribution >= 4 is 44.2 Å². The first-order chi connectivity index (χ1) is 10.3. The van der Waals surface area contributed by atoms with Gasteiger partial charge >= 0.3 is 0 Å². The summed E-state index contributed by atoms with van der Waals surface area (Å²) in [7, 11) is 0. The molecule has 1 N–H and O–H groups in total. The second-order valence-electron chi connectivity index (χ2n) is 4.79. The fraction of sp³-hybridized carbons (Fsp3) is 0.111. The summed E-state index contributed by atoms with van der Waals surface area (Å²) in [6, 6.07) is 23.4. The highest BCUT2D eigenvalue weighted by Crippen LogP contribution is 2.23. The van der Waals surface area contributed by atoms with Crippen LogP contribution in [-0.4, -0.2) is 12.3 Å². The van der Waals surface area contributed by atoms with Crippen LogP contribution in [0.2, 0.25) is 0 Å². The standard InChI is InChI=1S/C18H16BrNS/c19-16-6-3-7-17(13-16)20-10-11-21-18-9-8-14-4-1-2-5-15(14)12-18/h1-9,12-13,20H,10-11H2. The minimum absolute atomic E-state index is 0.952. The molecule has 0 aliphatic heterocycles. The average Bonchev–Trinajstić information content (AvgIpc) is 2.51. The molecule has 3 heteroatoms. The van der Waals surface area contributed by atoms with Crippen molar-refractivity contribution in [1.29, 1.82) is 0 Å². The van der Waals surface area contributed by atoms with Crippen LogP contribution in [0.5, 0.6) is 0 Å². The van der Waals surface area contributed by atoms with Gasteiger partial charge in [-0.2, -0.15) is 0 Å². The van der Waals surface area contributed by atoms with Gasteiger partial charge in [-0.3, -0.25) is 0 Å². The predicted octanol–water partition coefficient (Wildman–Crippen LogP) is 5.81. The molecule has 0 unspecified atom stereocenters. The molecule has 0 spiro atoms. The number of benzene rings is 3. The van der Waals surface area contributed by atoms with E-state index in [1.54, 1.807) is 0 Å². The Morgan fingerprint density at radius 3 is 2.57 bits per heavy atom. The molecule has 3 aromatic rings. The molecule has 0 aromatic heterocycles. The number of nitrogens with one attached hydrogen (secondary N) is 1. The Morgan fingerprint density at radius 1 is 0.857 bits per heavy atom. The minimum atomic E-state index is 0.952. The van der Waals surface area contributed by atoms with E-state index in [9.17, 15) is 0 Å². The van der Waals surface area contributed by atoms with E-state index in [1.165, 1.54) is 15.7 Å². The summed E-state index contributed by atoms with van der Waals surface area (Å²) in [5, 5.41) is 6.05. The summed E-state index contributed by atoms with van der Waals surface area (Å²) >= 11 is 5.37. The van der Waals surface area contributed by atoms with Crippen molar-refractivity contribution in [1.82, 2.24) is 0 Å². The van der Waals surface area contributed by atoms with Crippen LogP contribution in [0.15, 0.2) is 76.1 Å². The molecule has 0 heterocycles. The average molecular weight is 358 g/mol. The first-order valence-electron chi connectivity index (χ1n) is 6.92. The number of halogens is 1. The topological polar surface area (TPSA) is 12.0 Å². The summed E-state index contributed by atoms with van der Waals surface area (Å²) in [6.07, 6.45) is 0. The van der Waals surface area contributed by atoms with Crippen LogP contribution in [0.4, 0.5) is 5.69 Å². The van der Waals surface area contributed by atoms with E-state index in [0.29, 0.717) is 0 Å². The first-order valence-corrected chi connectivity index (χ1v) is 8.70. The van der Waals surface area contributed by atoms with Gasteiger partial charge in [0.15, 0.2) is 0 Å². The molecule has 1 nitrogen and oxygen atoms in total. The molecule has 0 amide bonds. The van der Waals surface area contributed by atoms with E-state index in [-0.39, 0.29) is 0 Å². The third-order valence-electron chi connectivity index (χ3n) is 3.25. The second kappa shape index (κ2) is 7.01. The van der Waals surface area contributed by atoms with E-state index < -0.39 is 0 Å². The molecule has 106 valence electrons. The van der Waals surface area contributed by atoms with Crippen molar-refractivity contribution in [2.24, 2.45) is 0 Å². The number of hydrogen-bond acceptors (Lipinski definition) is 2. The van der Waals surface area contributed by atoms with Gasteiger partial charge in [-0.15, -0.1) is 11.8 Å². The Hall–Kier alpha value is -1.45. The molecule has 3 rings (SSSR count). The minimum Gasteiger partial charge on any atom is -0.384 e. The van der Waals surface area contributed by atoms with Crippen LogP contribution < -0.4 is 5.32 Å². The number of thioether (sulfide) groups is 1. The molecule has 0 saturated carbocycles. The lowest BCUT2D eigenvalue weighted by atomic mass is 10.1. The number of hydrogen-bond donors (Lipinski definition) is 1. The van der Waals surface area contributed by atoms with E-state index in [2.05, 4.69) is 75.8 Å². The second-order valence-corrected chi connectivity index (χ2v) is 6.88. The summed E-state index contributed by atoms with van der Waals surface area (Å²) < 4.78 is 1.11. The van der Waals surface area contributed by atoms with Crippen LogP contribution in [0.25, 0.3) is 10.8 Å². The fourth-order valence-electron chi connectivity index (χ4n) is 2.22. The normalized spacial score (nSPS) is 10.7. The van der Waals surface area contributed by atoms with Crippen molar-refractivity contribution in [3.05, 3.63) is 71.2 Å². The van der Waals surface area contributed by atoms with Crippen molar-refractivity contribution in [3.8, 4) is 0 Å². The van der Waals surface area contributed by atoms with Gasteiger partial charge in [-0.05, 0) is 41.1 Å². The lowest BCUT2D eigenvalue weighted by Crippen LogP contribution is -2.03. The van der Waals surface area contributed by atoms with Gasteiger partial charge in [0, 0.05) is 27.4 Å². The Bertz CT molecular complexity index is 742. The highest BCUT2D eigenvalue weighted by atomic mass is 79.9. The summed E-state index contributed by atoms with van der Waals surface area (Å²) in [4.78, 5) is 1.32. The van der Waals surface area contributed by atoms with Gasteiger partial charge in [0.25, 0.3) is 0 Å². The molecule has 0 aliphatic carbocycles. The molecule has 0 fully saturated rings. The molecule has 21 heavy (non-hydrogen) atoms. The molecule has 0 bridgehead atoms. The zero-order valence-corrected chi connectivity index (χ0v) is 14.0. The number of rotatable bonds is 5. The third kappa shape index (κ3) is 4.02. The number of fused-ring (bicyclic) bond motifs is 1. The van der Waals surface area contributed by atoms with Gasteiger partial charge < -0.3 is 5.32 Å². The lowest BCUT2D eigenvalue weighted by Gasteiger charge is -2.07. The summed E-state index contributed by atoms with van der Waals surface area (Å²) in [6.45, 7) is 0.952. The van der Waals surface area contributed by atoms with Crippen LogP contribution in [0, 0.1) is 0 Å². The van der Waals surface area contributed by atoms with Crippen molar-refractivity contribution in [2.75, 3.05) is 17.6 Å². The van der Waals surface area contributed by atoms with Gasteiger partial charge in [-0.1, -0.05) is 52.3 Å². The maximum Gasteiger partial charge on any atom is 0.0351 e. The monoisotopic (exact) mass is 357 g/mol. The molecule has 0 saturated heterocycles. The van der Waals surface area contributed by atoms with Gasteiger partial charge in [-0.25, -0.2) is 0 Å². The molecule has 0 aliphatic rings. The lowest BCUT2D eigenvalue weighted by molar-refractivity contribution is 1.22. The SMILES string of the molecule is Brc1cccc(NCCSc2ccc3ccccc3c2)c1. The molecule has 0 radical (unpaired) electrons. The van der Waals surface area contributed by atoms with E-state index in [0.717, 1.165) is 22.5 Å². The highest BCUT2D eigenvalue weighted by Gasteiger charge is 1.98. The number of anilines is 1. The van der Waals surface area contributed by atoms with Crippen molar-refractivity contribution in [2.45, 2.75) is 4.90 Å². The Morgan fingerprint density at radius 2 is 1.71 bits per heavy atom. The van der Waals surface area contributed by atoms with E-state index in [1.807, 2.05) is 23.9 Å². The largest absolute Gasteiger partial charge is 0.384 e. The quantitative estimate of drug-likeness (QED) is 0.456. The summed E-state index contributed by atoms with van der Waals surface area (Å²) in [5.74, 6) is 1.05. The van der Waals surface area contributed by atoms with Gasteiger partial charge in [0.05, 0.1) is 0 Å².